The third kappa shape index (κ3) is 10.3. The number of rotatable bonds is 7. The van der Waals surface area contributed by atoms with Crippen molar-refractivity contribution < 1.29 is 61.2 Å². The van der Waals surface area contributed by atoms with E-state index < -0.39 is 0 Å². The van der Waals surface area contributed by atoms with Gasteiger partial charge in [0.2, 0.25) is 0 Å². The molecule has 0 radical (unpaired) electrons. The van der Waals surface area contributed by atoms with Gasteiger partial charge in [-0.25, -0.2) is 0 Å². The Labute approximate surface area is 146 Å². The van der Waals surface area contributed by atoms with Crippen LogP contribution in [0.15, 0.2) is 6.20 Å². The van der Waals surface area contributed by atoms with E-state index in [2.05, 4.69) is 10.3 Å². The van der Waals surface area contributed by atoms with E-state index in [1.807, 2.05) is 27.0 Å². The molecule has 6 heteroatoms. The van der Waals surface area contributed by atoms with Gasteiger partial charge in [0.1, 0.15) is 0 Å². The van der Waals surface area contributed by atoms with Gasteiger partial charge in [-0.3, -0.25) is 4.68 Å². The quantitative estimate of drug-likeness (QED) is 0.409. The van der Waals surface area contributed by atoms with Crippen LogP contribution in [-0.2, 0) is 17.7 Å². The van der Waals surface area contributed by atoms with Crippen LogP contribution in [0.3, 0.4) is 0 Å². The van der Waals surface area contributed by atoms with Crippen LogP contribution in [0, 0.1) is 0 Å². The molecule has 0 amide bonds. The molecule has 0 saturated carbocycles. The predicted octanol–water partition coefficient (Wildman–Crippen LogP) is -2.36. The van der Waals surface area contributed by atoms with Crippen LogP contribution in [0.1, 0.15) is 32.9 Å². The molecule has 1 aromatic rings. The summed E-state index contributed by atoms with van der Waals surface area (Å²) in [5, 5.41) is 18.0. The molecule has 0 aromatic carbocycles. The van der Waals surface area contributed by atoms with E-state index in [1.165, 1.54) is 0 Å². The minimum absolute atomic E-state index is 0. The van der Waals surface area contributed by atoms with Crippen molar-refractivity contribution in [2.24, 2.45) is 0 Å². The minimum atomic E-state index is -0.161. The predicted molar refractivity (Wildman–Crippen MR) is 61.1 cm³/mol. The second-order valence-corrected chi connectivity index (χ2v) is 2.99. The molecule has 0 unspecified atom stereocenters. The maximum absolute atomic E-state index is 10.1. The maximum Gasteiger partial charge on any atom is 1.00 e. The van der Waals surface area contributed by atoms with E-state index in [0.29, 0.717) is 13.2 Å². The van der Waals surface area contributed by atoms with Crippen molar-refractivity contribution in [3.05, 3.63) is 11.9 Å². The van der Waals surface area contributed by atoms with Gasteiger partial charge in [-0.2, -0.15) is 0 Å². The zero-order chi connectivity index (χ0) is 12.2. The standard InChI is InChI=1S/C9H16N3O2.C2H6.K/c1-2-12-8-9(10-11-12)4-3-6-14-7-5-13;1-2;/h8H,2-7H2,1H3;1-2H3;/q-1;;+1. The molecule has 0 N–H and O–H groups in total. The molecule has 0 saturated heterocycles. The minimum Gasteiger partial charge on any atom is -0.853 e. The number of nitrogens with zero attached hydrogens (tertiary/aromatic N) is 3. The number of aryl methyl sites for hydroxylation is 2. The zero-order valence-electron chi connectivity index (χ0n) is 11.5. The van der Waals surface area contributed by atoms with Crippen molar-refractivity contribution in [2.45, 2.75) is 40.2 Å². The Hall–Kier alpha value is 0.696. The summed E-state index contributed by atoms with van der Waals surface area (Å²) in [6, 6.07) is 0. The second-order valence-electron chi connectivity index (χ2n) is 2.99. The van der Waals surface area contributed by atoms with Crippen LogP contribution in [0.4, 0.5) is 0 Å². The molecule has 5 nitrogen and oxygen atoms in total. The average Bonchev–Trinajstić information content (AvgIpc) is 2.79. The first-order chi connectivity index (χ1) is 7.86. The molecule has 1 aromatic heterocycles. The SMILES string of the molecule is CC.CCn1cc(CCCOCC[O-])nn1.[K+]. The van der Waals surface area contributed by atoms with Crippen LogP contribution in [0.5, 0.6) is 0 Å². The summed E-state index contributed by atoms with van der Waals surface area (Å²) in [4.78, 5) is 0. The molecule has 0 atom stereocenters. The number of aromatic nitrogens is 3. The Kier molecular flexibility index (Phi) is 17.4. The van der Waals surface area contributed by atoms with Gasteiger partial charge in [-0.15, -0.1) is 11.7 Å². The van der Waals surface area contributed by atoms with Gasteiger partial charge < -0.3 is 9.84 Å². The molecule has 1 rings (SSSR count). The summed E-state index contributed by atoms with van der Waals surface area (Å²) in [6.45, 7) is 7.64. The molecule has 0 bridgehead atoms. The summed E-state index contributed by atoms with van der Waals surface area (Å²) in [6.07, 6.45) is 3.69. The monoisotopic (exact) mass is 267 g/mol. The summed E-state index contributed by atoms with van der Waals surface area (Å²) < 4.78 is 6.87. The van der Waals surface area contributed by atoms with Crippen molar-refractivity contribution in [3.63, 3.8) is 0 Å². The average molecular weight is 267 g/mol. The first-order valence-electron chi connectivity index (χ1n) is 5.91. The number of hydrogen-bond acceptors (Lipinski definition) is 4. The van der Waals surface area contributed by atoms with Crippen LogP contribution in [0.2, 0.25) is 0 Å². The van der Waals surface area contributed by atoms with Crippen LogP contribution in [-0.4, -0.2) is 34.8 Å². The van der Waals surface area contributed by atoms with Gasteiger partial charge in [0, 0.05) is 26.0 Å². The van der Waals surface area contributed by atoms with E-state index >= 15 is 0 Å². The fourth-order valence-electron chi connectivity index (χ4n) is 1.12. The molecular formula is C11H22KN3O2. The summed E-state index contributed by atoms with van der Waals surface area (Å²) in [7, 11) is 0. The molecule has 0 aliphatic rings. The van der Waals surface area contributed by atoms with E-state index in [-0.39, 0.29) is 58.0 Å². The Balaban J connectivity index is 0. The third-order valence-corrected chi connectivity index (χ3v) is 1.86. The van der Waals surface area contributed by atoms with E-state index in [9.17, 15) is 5.11 Å². The number of hydrogen-bond donors (Lipinski definition) is 0. The largest absolute Gasteiger partial charge is 1.00 e. The van der Waals surface area contributed by atoms with E-state index in [1.54, 1.807) is 4.68 Å². The van der Waals surface area contributed by atoms with Crippen LogP contribution in [0.25, 0.3) is 0 Å². The maximum atomic E-state index is 10.1. The summed E-state index contributed by atoms with van der Waals surface area (Å²) in [5.74, 6) is 0. The number of ether oxygens (including phenoxy) is 1. The van der Waals surface area contributed by atoms with Crippen LogP contribution < -0.4 is 56.5 Å². The molecular weight excluding hydrogens is 245 g/mol. The van der Waals surface area contributed by atoms with Crippen molar-refractivity contribution >= 4 is 0 Å². The first-order valence-corrected chi connectivity index (χ1v) is 5.91. The Bertz CT molecular complexity index is 257. The van der Waals surface area contributed by atoms with E-state index in [0.717, 1.165) is 25.1 Å². The topological polar surface area (TPSA) is 63.0 Å². The van der Waals surface area contributed by atoms with Gasteiger partial charge in [0.25, 0.3) is 0 Å². The molecule has 0 aliphatic heterocycles. The fourth-order valence-corrected chi connectivity index (χ4v) is 1.12. The first kappa shape index (κ1) is 20.0. The molecule has 0 spiro atoms. The normalized spacial score (nSPS) is 9.18. The van der Waals surface area contributed by atoms with Crippen molar-refractivity contribution in [1.29, 1.82) is 0 Å². The van der Waals surface area contributed by atoms with Gasteiger partial charge in [-0.05, 0) is 19.8 Å². The Morgan fingerprint density at radius 3 is 2.59 bits per heavy atom. The smallest absolute Gasteiger partial charge is 0.853 e. The van der Waals surface area contributed by atoms with Gasteiger partial charge in [0.05, 0.1) is 5.69 Å². The summed E-state index contributed by atoms with van der Waals surface area (Å²) in [5.41, 5.74) is 0.984. The second kappa shape index (κ2) is 14.8. The van der Waals surface area contributed by atoms with Crippen molar-refractivity contribution in [3.8, 4) is 0 Å². The van der Waals surface area contributed by atoms with Crippen LogP contribution >= 0.6 is 0 Å². The molecule has 94 valence electrons. The van der Waals surface area contributed by atoms with Crippen molar-refractivity contribution in [2.75, 3.05) is 19.8 Å². The summed E-state index contributed by atoms with van der Waals surface area (Å²) >= 11 is 0. The molecule has 0 aliphatic carbocycles. The molecule has 1 heterocycles. The molecule has 0 fully saturated rings. The molecule has 17 heavy (non-hydrogen) atoms. The van der Waals surface area contributed by atoms with E-state index in [4.69, 9.17) is 4.74 Å². The van der Waals surface area contributed by atoms with Gasteiger partial charge in [0.15, 0.2) is 0 Å². The zero-order valence-corrected chi connectivity index (χ0v) is 14.6. The fraction of sp³-hybridized carbons (Fsp3) is 0.818. The van der Waals surface area contributed by atoms with Crippen molar-refractivity contribution in [1.82, 2.24) is 15.0 Å². The Morgan fingerprint density at radius 2 is 2.06 bits per heavy atom. The Morgan fingerprint density at radius 1 is 1.35 bits per heavy atom. The van der Waals surface area contributed by atoms with Gasteiger partial charge >= 0.3 is 51.4 Å². The van der Waals surface area contributed by atoms with Gasteiger partial charge in [-0.1, -0.05) is 19.1 Å². The third-order valence-electron chi connectivity index (χ3n) is 1.86.